The molecule has 1 fully saturated rings. The van der Waals surface area contributed by atoms with Crippen molar-refractivity contribution >= 4 is 98.0 Å². The minimum atomic E-state index is -1.82. The van der Waals surface area contributed by atoms with Crippen molar-refractivity contribution in [3.05, 3.63) is 130 Å². The van der Waals surface area contributed by atoms with Crippen molar-refractivity contribution in [2.24, 2.45) is 38.7 Å². The first-order valence-electron chi connectivity index (χ1n) is 25.6. The van der Waals surface area contributed by atoms with Crippen LogP contribution < -0.4 is 60.6 Å². The van der Waals surface area contributed by atoms with Crippen LogP contribution in [0, 0.1) is 0 Å². The fourth-order valence-corrected chi connectivity index (χ4v) is 10.5. The number of amides is 9. The average molecular weight is 1190 g/mol. The fourth-order valence-electron chi connectivity index (χ4n) is 8.04. The van der Waals surface area contributed by atoms with Gasteiger partial charge in [0.1, 0.15) is 53.5 Å². The largest absolute Gasteiger partial charge is 0.508 e. The minimum Gasteiger partial charge on any atom is -0.508 e. The lowest BCUT2D eigenvalue weighted by Gasteiger charge is -2.29. The average Bonchev–Trinajstić information content (AvgIpc) is 3.62. The van der Waals surface area contributed by atoms with Gasteiger partial charge in [0.05, 0.1) is 12.1 Å². The molecule has 1 aliphatic heterocycles. The van der Waals surface area contributed by atoms with Crippen molar-refractivity contribution in [1.82, 2.24) is 31.9 Å². The summed E-state index contributed by atoms with van der Waals surface area (Å²) in [5.41, 5.74) is 30.1. The van der Waals surface area contributed by atoms with E-state index in [0.29, 0.717) is 33.7 Å². The number of aromatic hydroxyl groups is 2. The summed E-state index contributed by atoms with van der Waals surface area (Å²) in [4.78, 5) is 134. The molecule has 1 saturated heterocycles. The van der Waals surface area contributed by atoms with Crippen molar-refractivity contribution < 1.29 is 58.5 Å². The molecule has 82 heavy (non-hydrogen) atoms. The van der Waals surface area contributed by atoms with E-state index >= 15 is 0 Å². The lowest BCUT2D eigenvalue weighted by molar-refractivity contribution is -0.136. The van der Waals surface area contributed by atoms with Crippen LogP contribution in [0.2, 0.25) is 5.02 Å². The second kappa shape index (κ2) is 31.7. The van der Waals surface area contributed by atoms with E-state index in [1.54, 1.807) is 24.3 Å². The lowest BCUT2D eigenvalue weighted by atomic mass is 10.00. The number of rotatable bonds is 19. The number of hydrogen-bond donors (Lipinski definition) is 14. The Morgan fingerprint density at radius 1 is 0.659 bits per heavy atom. The maximum Gasteiger partial charge on any atom is 0.269 e. The van der Waals surface area contributed by atoms with Crippen molar-refractivity contribution in [1.29, 1.82) is 0 Å². The number of benzene rings is 4. The maximum atomic E-state index is 14.8. The summed E-state index contributed by atoms with van der Waals surface area (Å²) < 4.78 is 0. The summed E-state index contributed by atoms with van der Waals surface area (Å²) in [7, 11) is 1.83. The van der Waals surface area contributed by atoms with Crippen LogP contribution in [0.5, 0.6) is 11.5 Å². The molecule has 28 heteroatoms. The third kappa shape index (κ3) is 21.0. The normalized spacial score (nSPS) is 20.5. The van der Waals surface area contributed by atoms with E-state index < -0.39 is 107 Å². The number of aliphatic hydroxyl groups excluding tert-OH is 1. The van der Waals surface area contributed by atoms with Gasteiger partial charge in [0.25, 0.3) is 11.8 Å². The second-order valence-corrected chi connectivity index (χ2v) is 22.1. The van der Waals surface area contributed by atoms with Gasteiger partial charge in [0, 0.05) is 47.9 Å². The Morgan fingerprint density at radius 3 is 1.72 bits per heavy atom. The highest BCUT2D eigenvalue weighted by Gasteiger charge is 2.36. The summed E-state index contributed by atoms with van der Waals surface area (Å²) in [6, 6.07) is 12.9. The molecule has 0 unspecified atom stereocenters. The topological polar surface area (TPSA) is 441 Å². The monoisotopic (exact) mass is 1190 g/mol. The highest BCUT2D eigenvalue weighted by Crippen LogP contribution is 2.25. The molecule has 5 rings (SSSR count). The number of primary amides is 2. The minimum absolute atomic E-state index is 0.0105. The molecule has 4 aromatic carbocycles. The van der Waals surface area contributed by atoms with Crippen LogP contribution in [0.25, 0.3) is 0 Å². The molecule has 1 heterocycles. The molecular weight excluding hydrogens is 1120 g/mol. The number of phenolic OH excluding ortho intramolecular Hbond substituents is 2. The number of nitrogens with zero attached hydrogens (tertiary/aromatic N) is 2. The van der Waals surface area contributed by atoms with Crippen LogP contribution in [0.1, 0.15) is 58.8 Å². The molecule has 438 valence electrons. The van der Waals surface area contributed by atoms with Gasteiger partial charge in [-0.3, -0.25) is 48.1 Å². The quantitative estimate of drug-likeness (QED) is 0.0232. The Bertz CT molecular complexity index is 2970. The van der Waals surface area contributed by atoms with Gasteiger partial charge >= 0.3 is 0 Å². The molecule has 25 nitrogen and oxygen atoms in total. The van der Waals surface area contributed by atoms with Gasteiger partial charge < -0.3 is 75.9 Å². The van der Waals surface area contributed by atoms with E-state index in [0.717, 1.165) is 21.6 Å². The first kappa shape index (κ1) is 64.6. The highest BCUT2D eigenvalue weighted by molar-refractivity contribution is 8.76. The number of guanidine groups is 1. The van der Waals surface area contributed by atoms with E-state index in [2.05, 4.69) is 41.9 Å². The third-order valence-electron chi connectivity index (χ3n) is 12.6. The number of unbranched alkanes of at least 4 members (excludes halogenated alkanes) is 1. The Labute approximate surface area is 484 Å². The zero-order chi connectivity index (χ0) is 60.0. The lowest BCUT2D eigenvalue weighted by Crippen LogP contribution is -2.61. The summed E-state index contributed by atoms with van der Waals surface area (Å²) in [6.45, 7) is 1.30. The maximum absolute atomic E-state index is 14.8. The van der Waals surface area contributed by atoms with Crippen LogP contribution in [0.4, 0.5) is 0 Å². The number of phenols is 2. The van der Waals surface area contributed by atoms with Crippen molar-refractivity contribution in [2.45, 2.75) is 100 Å². The molecule has 0 spiro atoms. The standard InChI is InChI=1S/C54H66ClN13O12S2/c1-28(69)44-53(80)67-43(51(78)63-39(46(58)73)23-31-9-17-35(70)18-10-31)27-82-81-26-42(66-47(74)37(56)22-29-7-15-34(55)16-8-29)52(79)65-41(25-32-11-19-36(71)20-12-32)50(77)64-40(24-30-5-13-33(14-6-30)45(57)72)49(76)62-38(48(75)68-44)4-2-3-21-61-54(59)60/h5-20,28,37-38,40-44,69-71H,2-4,21-27,56H2,1H3,(H2,57,72)(H2,58,73)(H,62,76)(H,64,77)(H,65,79)(H,66,74)(H,67,80)(H,68,75)(H4,59,60,61)/t28-,37+,38+,40-,41+,42-,43+,44+/m1/s1. The highest BCUT2D eigenvalue weighted by atomic mass is 35.5. The second-order valence-electron chi connectivity index (χ2n) is 19.1. The number of hydrogen-bond acceptors (Lipinski definition) is 16. The van der Waals surface area contributed by atoms with E-state index in [-0.39, 0.29) is 79.6 Å². The van der Waals surface area contributed by atoms with Crippen LogP contribution in [0.15, 0.2) is 107 Å². The van der Waals surface area contributed by atoms with Gasteiger partial charge in [-0.25, -0.2) is 4.99 Å². The van der Waals surface area contributed by atoms with Gasteiger partial charge in [-0.15, -0.1) is 0 Å². The number of halogens is 1. The smallest absolute Gasteiger partial charge is 0.269 e. The first-order valence-corrected chi connectivity index (χ1v) is 28.5. The SMILES string of the molecule is C[C@@H](O)[C@@H]1NC(=O)[C@H](CCCCN=C(N)N)NC(=O)[C@@H](Cc2ccc(C(N)=O)cc2)NC(=O)[C@H](Cc2ccc(O)cc2)NC(=O)[C@H](NC(=O)[C@@H](N)Cc2ccc(Cl)cc2)CSSC[C@@H](C(=O)N=C(Cc2ccc(O)cc2)C(N)=O)NC1=O. The number of nitrogens with one attached hydrogen (secondary N) is 6. The summed E-state index contributed by atoms with van der Waals surface area (Å²) in [5, 5.41) is 47.1. The molecule has 8 atom stereocenters. The molecule has 0 radical (unpaired) electrons. The zero-order valence-electron chi connectivity index (χ0n) is 44.4. The fraction of sp³-hybridized carbons (Fsp3) is 0.352. The van der Waals surface area contributed by atoms with Gasteiger partial charge in [-0.2, -0.15) is 0 Å². The summed E-state index contributed by atoms with van der Waals surface area (Å²) in [6.07, 6.45) is -2.11. The number of carbonyl (C=O) groups is 9. The molecule has 0 saturated carbocycles. The predicted octanol–water partition coefficient (Wildman–Crippen LogP) is -0.971. The van der Waals surface area contributed by atoms with Crippen molar-refractivity contribution in [3.63, 3.8) is 0 Å². The summed E-state index contributed by atoms with van der Waals surface area (Å²) >= 11 is 6.07. The Hall–Kier alpha value is -8.24. The van der Waals surface area contributed by atoms with Crippen LogP contribution in [-0.2, 0) is 64.0 Å². The van der Waals surface area contributed by atoms with Crippen molar-refractivity contribution in [2.75, 3.05) is 18.1 Å². The van der Waals surface area contributed by atoms with Gasteiger partial charge in [-0.05, 0) is 103 Å². The Balaban J connectivity index is 1.61. The third-order valence-corrected chi connectivity index (χ3v) is 15.2. The van der Waals surface area contributed by atoms with Crippen LogP contribution in [-0.4, -0.2) is 147 Å². The zero-order valence-corrected chi connectivity index (χ0v) is 46.8. The molecule has 0 aliphatic carbocycles. The summed E-state index contributed by atoms with van der Waals surface area (Å²) in [5.74, 6) is -9.66. The first-order chi connectivity index (χ1) is 38.9. The Morgan fingerprint density at radius 2 is 1.17 bits per heavy atom. The van der Waals surface area contributed by atoms with Gasteiger partial charge in [0.2, 0.25) is 41.4 Å². The number of carbonyl (C=O) groups excluding carboxylic acids is 9. The van der Waals surface area contributed by atoms with E-state index in [9.17, 15) is 58.5 Å². The van der Waals surface area contributed by atoms with Gasteiger partial charge in [0.15, 0.2) is 5.96 Å². The van der Waals surface area contributed by atoms with Gasteiger partial charge in [-0.1, -0.05) is 81.7 Å². The molecule has 9 amide bonds. The van der Waals surface area contributed by atoms with Crippen molar-refractivity contribution in [3.8, 4) is 11.5 Å². The molecule has 0 aromatic heterocycles. The molecule has 4 aromatic rings. The van der Waals surface area contributed by atoms with Crippen LogP contribution >= 0.6 is 33.2 Å². The van der Waals surface area contributed by atoms with E-state index in [4.69, 9.17) is 40.3 Å². The molecule has 19 N–H and O–H groups in total. The van der Waals surface area contributed by atoms with E-state index in [1.807, 2.05) is 0 Å². The molecule has 1 aliphatic rings. The number of aliphatic hydroxyl groups is 1. The van der Waals surface area contributed by atoms with E-state index in [1.165, 1.54) is 79.7 Å². The number of nitrogens with two attached hydrogens (primary N) is 5. The molecule has 0 bridgehead atoms. The predicted molar refractivity (Wildman–Crippen MR) is 310 cm³/mol. The Kier molecular flexibility index (Phi) is 24.9. The number of aliphatic imine (C=N–C) groups is 2. The molecular formula is C54H66ClN13O12S2. The van der Waals surface area contributed by atoms with Crippen LogP contribution in [0.3, 0.4) is 0 Å².